The van der Waals surface area contributed by atoms with Gasteiger partial charge in [-0.25, -0.2) is 9.18 Å². The first-order valence-corrected chi connectivity index (χ1v) is 8.10. The van der Waals surface area contributed by atoms with Gasteiger partial charge in [0, 0.05) is 19.6 Å². The third-order valence-electron chi connectivity index (χ3n) is 4.25. The van der Waals surface area contributed by atoms with Crippen LogP contribution in [0.2, 0.25) is 0 Å². The van der Waals surface area contributed by atoms with Crippen LogP contribution in [-0.2, 0) is 4.79 Å². The van der Waals surface area contributed by atoms with E-state index in [1.165, 1.54) is 24.6 Å². The van der Waals surface area contributed by atoms with E-state index in [9.17, 15) is 14.0 Å². The zero-order valence-corrected chi connectivity index (χ0v) is 13.4. The molecule has 2 aliphatic heterocycles. The molecule has 1 aromatic rings. The van der Waals surface area contributed by atoms with Crippen molar-refractivity contribution in [3.05, 3.63) is 47.9 Å². The highest BCUT2D eigenvalue weighted by molar-refractivity contribution is 6.14. The summed E-state index contributed by atoms with van der Waals surface area (Å²) in [7, 11) is 0. The maximum atomic E-state index is 14.4. The lowest BCUT2D eigenvalue weighted by atomic mass is 10.1. The molecule has 0 aliphatic carbocycles. The predicted molar refractivity (Wildman–Crippen MR) is 90.9 cm³/mol. The molecule has 2 fully saturated rings. The maximum absolute atomic E-state index is 14.4. The number of hydrogen-bond donors (Lipinski definition) is 1. The molecular weight excluding hydrogens is 309 g/mol. The highest BCUT2D eigenvalue weighted by Crippen LogP contribution is 2.25. The van der Waals surface area contributed by atoms with Gasteiger partial charge in [-0.3, -0.25) is 9.69 Å². The molecule has 3 amide bonds. The summed E-state index contributed by atoms with van der Waals surface area (Å²) >= 11 is 0. The fraction of sp³-hybridized carbons (Fsp3) is 0.333. The number of carbonyl (C=O) groups excluding carboxylic acids is 2. The van der Waals surface area contributed by atoms with Crippen LogP contribution in [0.3, 0.4) is 0 Å². The van der Waals surface area contributed by atoms with Gasteiger partial charge in [0.1, 0.15) is 11.5 Å². The summed E-state index contributed by atoms with van der Waals surface area (Å²) in [4.78, 5) is 27.0. The third kappa shape index (κ3) is 3.18. The summed E-state index contributed by atoms with van der Waals surface area (Å²) < 4.78 is 14.4. The summed E-state index contributed by atoms with van der Waals surface area (Å²) in [6.07, 6.45) is 6.31. The molecule has 126 valence electrons. The minimum Gasteiger partial charge on any atom is -0.369 e. The van der Waals surface area contributed by atoms with E-state index in [2.05, 4.69) is 11.9 Å². The van der Waals surface area contributed by atoms with E-state index in [-0.39, 0.29) is 18.1 Å². The van der Waals surface area contributed by atoms with E-state index in [0.29, 0.717) is 11.3 Å². The molecule has 0 saturated carbocycles. The van der Waals surface area contributed by atoms with E-state index in [4.69, 9.17) is 0 Å². The molecule has 24 heavy (non-hydrogen) atoms. The summed E-state index contributed by atoms with van der Waals surface area (Å²) in [5.74, 6) is -0.744. The van der Waals surface area contributed by atoms with Crippen molar-refractivity contribution in [2.45, 2.75) is 19.3 Å². The van der Waals surface area contributed by atoms with E-state index in [1.807, 2.05) is 4.90 Å². The number of hydrogen-bond acceptors (Lipinski definition) is 3. The number of anilines is 1. The standard InChI is InChI=1S/C18H20FN3O2/c1-2-8-22-17(23)15(20-18(22)24)12-13-6-7-16(14(19)11-13)21-9-4-3-5-10-21/h2,6-7,11-12H,1,3-5,8-10H2,(H,20,24)/b15-12+. The Morgan fingerprint density at radius 2 is 1.96 bits per heavy atom. The number of nitrogens with zero attached hydrogens (tertiary/aromatic N) is 2. The highest BCUT2D eigenvalue weighted by Gasteiger charge is 2.32. The van der Waals surface area contributed by atoms with Crippen LogP contribution >= 0.6 is 0 Å². The van der Waals surface area contributed by atoms with Crippen LogP contribution in [0.4, 0.5) is 14.9 Å². The molecule has 5 nitrogen and oxygen atoms in total. The molecule has 1 N–H and O–H groups in total. The summed E-state index contributed by atoms with van der Waals surface area (Å²) in [5.41, 5.74) is 1.27. The highest BCUT2D eigenvalue weighted by atomic mass is 19.1. The zero-order chi connectivity index (χ0) is 17.1. The average Bonchev–Trinajstić information content (AvgIpc) is 2.84. The molecule has 2 saturated heterocycles. The Labute approximate surface area is 140 Å². The topological polar surface area (TPSA) is 52.7 Å². The predicted octanol–water partition coefficient (Wildman–Crippen LogP) is 2.89. The van der Waals surface area contributed by atoms with Gasteiger partial charge in [-0.15, -0.1) is 6.58 Å². The van der Waals surface area contributed by atoms with Gasteiger partial charge in [0.15, 0.2) is 0 Å². The first-order chi connectivity index (χ1) is 11.6. The Morgan fingerprint density at radius 3 is 2.62 bits per heavy atom. The van der Waals surface area contributed by atoms with Crippen molar-refractivity contribution in [2.75, 3.05) is 24.5 Å². The number of amides is 3. The van der Waals surface area contributed by atoms with Crippen LogP contribution in [0, 0.1) is 5.82 Å². The van der Waals surface area contributed by atoms with E-state index < -0.39 is 11.9 Å². The van der Waals surface area contributed by atoms with Crippen LogP contribution in [0.1, 0.15) is 24.8 Å². The quantitative estimate of drug-likeness (QED) is 0.525. The van der Waals surface area contributed by atoms with Crippen molar-refractivity contribution in [3.8, 4) is 0 Å². The van der Waals surface area contributed by atoms with Crippen molar-refractivity contribution in [3.63, 3.8) is 0 Å². The van der Waals surface area contributed by atoms with Crippen LogP contribution in [0.5, 0.6) is 0 Å². The zero-order valence-electron chi connectivity index (χ0n) is 13.4. The van der Waals surface area contributed by atoms with E-state index >= 15 is 0 Å². The number of piperidine rings is 1. The fourth-order valence-corrected chi connectivity index (χ4v) is 3.04. The first kappa shape index (κ1) is 16.2. The largest absolute Gasteiger partial charge is 0.369 e. The molecule has 6 heteroatoms. The molecule has 1 aromatic carbocycles. The number of urea groups is 1. The minimum absolute atomic E-state index is 0.143. The molecular formula is C18H20FN3O2. The van der Waals surface area contributed by atoms with E-state index in [0.717, 1.165) is 30.8 Å². The van der Waals surface area contributed by atoms with Gasteiger partial charge < -0.3 is 10.2 Å². The molecule has 0 aromatic heterocycles. The summed E-state index contributed by atoms with van der Waals surface area (Å²) in [5, 5.41) is 2.50. The van der Waals surface area contributed by atoms with Crippen molar-refractivity contribution in [1.29, 1.82) is 0 Å². The molecule has 3 rings (SSSR count). The first-order valence-electron chi connectivity index (χ1n) is 8.10. The second-order valence-electron chi connectivity index (χ2n) is 5.95. The maximum Gasteiger partial charge on any atom is 0.329 e. The fourth-order valence-electron chi connectivity index (χ4n) is 3.04. The third-order valence-corrected chi connectivity index (χ3v) is 4.25. The Balaban J connectivity index is 1.80. The monoisotopic (exact) mass is 329 g/mol. The van der Waals surface area contributed by atoms with Crippen LogP contribution < -0.4 is 10.2 Å². The number of benzene rings is 1. The van der Waals surface area contributed by atoms with Crippen LogP contribution in [-0.4, -0.2) is 36.5 Å². The lowest BCUT2D eigenvalue weighted by Gasteiger charge is -2.29. The normalized spacial score (nSPS) is 19.8. The van der Waals surface area contributed by atoms with Gasteiger partial charge in [0.05, 0.1) is 5.69 Å². The van der Waals surface area contributed by atoms with Gasteiger partial charge in [-0.1, -0.05) is 12.1 Å². The summed E-state index contributed by atoms with van der Waals surface area (Å²) in [6, 6.07) is 4.40. The molecule has 0 spiro atoms. The van der Waals surface area contributed by atoms with Crippen molar-refractivity contribution in [2.24, 2.45) is 0 Å². The molecule has 0 unspecified atom stereocenters. The van der Waals surface area contributed by atoms with Gasteiger partial charge in [-0.2, -0.15) is 0 Å². The Morgan fingerprint density at radius 1 is 1.21 bits per heavy atom. The van der Waals surface area contributed by atoms with Gasteiger partial charge in [-0.05, 0) is 43.0 Å². The molecule has 2 heterocycles. The Hall–Kier alpha value is -2.63. The molecule has 0 bridgehead atoms. The smallest absolute Gasteiger partial charge is 0.329 e. The van der Waals surface area contributed by atoms with Crippen LogP contribution in [0.25, 0.3) is 6.08 Å². The number of halogens is 1. The van der Waals surface area contributed by atoms with Gasteiger partial charge >= 0.3 is 6.03 Å². The minimum atomic E-state index is -0.489. The summed E-state index contributed by atoms with van der Waals surface area (Å²) in [6.45, 7) is 5.39. The van der Waals surface area contributed by atoms with Crippen molar-refractivity contribution < 1.29 is 14.0 Å². The lowest BCUT2D eigenvalue weighted by Crippen LogP contribution is -2.30. The lowest BCUT2D eigenvalue weighted by molar-refractivity contribution is -0.122. The second-order valence-corrected chi connectivity index (χ2v) is 5.95. The molecule has 0 radical (unpaired) electrons. The number of rotatable bonds is 4. The van der Waals surface area contributed by atoms with Crippen molar-refractivity contribution >= 4 is 23.7 Å². The number of imide groups is 1. The average molecular weight is 329 g/mol. The Kier molecular flexibility index (Phi) is 4.64. The van der Waals surface area contributed by atoms with Gasteiger partial charge in [0.25, 0.3) is 5.91 Å². The number of carbonyl (C=O) groups is 2. The number of nitrogens with one attached hydrogen (secondary N) is 1. The molecule has 0 atom stereocenters. The second kappa shape index (κ2) is 6.86. The van der Waals surface area contributed by atoms with Gasteiger partial charge in [0.2, 0.25) is 0 Å². The van der Waals surface area contributed by atoms with Crippen LogP contribution in [0.15, 0.2) is 36.6 Å². The molecule has 2 aliphatic rings. The van der Waals surface area contributed by atoms with Crippen molar-refractivity contribution in [1.82, 2.24) is 10.2 Å². The Bertz CT molecular complexity index is 708. The SMILES string of the molecule is C=CCN1C(=O)N/C(=C/c2ccc(N3CCCCC3)c(F)c2)C1=O. The van der Waals surface area contributed by atoms with E-state index in [1.54, 1.807) is 12.1 Å².